The van der Waals surface area contributed by atoms with Gasteiger partial charge in [-0.15, -0.1) is 10.2 Å². The van der Waals surface area contributed by atoms with Crippen molar-refractivity contribution < 1.29 is 9.53 Å². The summed E-state index contributed by atoms with van der Waals surface area (Å²) in [7, 11) is 1.64. The molecule has 152 valence electrons. The van der Waals surface area contributed by atoms with Gasteiger partial charge >= 0.3 is 0 Å². The van der Waals surface area contributed by atoms with Crippen LogP contribution in [0.3, 0.4) is 0 Å². The molecule has 0 aliphatic carbocycles. The molecule has 3 rings (SSSR count). The smallest absolute Gasteiger partial charge is 0.233 e. The van der Waals surface area contributed by atoms with Gasteiger partial charge in [0.25, 0.3) is 0 Å². The van der Waals surface area contributed by atoms with Crippen LogP contribution in [0, 0.1) is 6.92 Å². The summed E-state index contributed by atoms with van der Waals surface area (Å²) in [6.45, 7) is 7.43. The first-order chi connectivity index (χ1) is 14.1. The molecular formula is C22H26N4O2S. The van der Waals surface area contributed by atoms with Crippen LogP contribution in [0.1, 0.15) is 19.4 Å². The van der Waals surface area contributed by atoms with Crippen molar-refractivity contribution in [1.29, 1.82) is 0 Å². The monoisotopic (exact) mass is 410 g/mol. The lowest BCUT2D eigenvalue weighted by atomic mass is 10.1. The van der Waals surface area contributed by atoms with Gasteiger partial charge in [0.2, 0.25) is 5.91 Å². The summed E-state index contributed by atoms with van der Waals surface area (Å²) in [5, 5.41) is 9.52. The molecule has 0 aliphatic rings. The van der Waals surface area contributed by atoms with Crippen LogP contribution in [-0.4, -0.2) is 51.5 Å². The highest BCUT2D eigenvalue weighted by Gasteiger charge is 2.20. The number of thioether (sulfide) groups is 1. The number of aromatic nitrogens is 3. The average molecular weight is 411 g/mol. The number of ether oxygens (including phenoxy) is 1. The van der Waals surface area contributed by atoms with Crippen molar-refractivity contribution in [3.63, 3.8) is 0 Å². The molecule has 0 aliphatic heterocycles. The molecule has 2 aromatic carbocycles. The number of hydrogen-bond donors (Lipinski definition) is 0. The van der Waals surface area contributed by atoms with Crippen LogP contribution in [0.25, 0.3) is 17.1 Å². The molecular weight excluding hydrogens is 384 g/mol. The molecule has 0 atom stereocenters. The van der Waals surface area contributed by atoms with Crippen molar-refractivity contribution in [2.75, 3.05) is 26.0 Å². The second-order valence-corrected chi connectivity index (χ2v) is 7.47. The van der Waals surface area contributed by atoms with Gasteiger partial charge in [-0.05, 0) is 45.0 Å². The fourth-order valence-corrected chi connectivity index (χ4v) is 3.94. The van der Waals surface area contributed by atoms with E-state index in [1.807, 2.05) is 59.7 Å². The highest BCUT2D eigenvalue weighted by molar-refractivity contribution is 7.99. The number of amides is 1. The van der Waals surface area contributed by atoms with E-state index in [9.17, 15) is 4.79 Å². The van der Waals surface area contributed by atoms with Crippen molar-refractivity contribution in [2.45, 2.75) is 25.9 Å². The molecule has 0 N–H and O–H groups in total. The molecule has 0 unspecified atom stereocenters. The quantitative estimate of drug-likeness (QED) is 0.521. The highest BCUT2D eigenvalue weighted by Crippen LogP contribution is 2.33. The van der Waals surface area contributed by atoms with Gasteiger partial charge in [-0.3, -0.25) is 9.36 Å². The van der Waals surface area contributed by atoms with Crippen molar-refractivity contribution >= 4 is 17.7 Å². The lowest BCUT2D eigenvalue weighted by molar-refractivity contribution is -0.127. The highest BCUT2D eigenvalue weighted by atomic mass is 32.2. The lowest BCUT2D eigenvalue weighted by Crippen LogP contribution is -2.31. The molecule has 1 aromatic heterocycles. The maximum Gasteiger partial charge on any atom is 0.233 e. The number of nitrogens with zero attached hydrogens (tertiary/aromatic N) is 4. The Kier molecular flexibility index (Phi) is 6.93. The Morgan fingerprint density at radius 3 is 2.41 bits per heavy atom. The molecule has 29 heavy (non-hydrogen) atoms. The zero-order chi connectivity index (χ0) is 20.8. The number of carbonyl (C=O) groups is 1. The first kappa shape index (κ1) is 20.9. The normalized spacial score (nSPS) is 10.8. The van der Waals surface area contributed by atoms with Crippen LogP contribution >= 0.6 is 11.8 Å². The van der Waals surface area contributed by atoms with Crippen molar-refractivity contribution in [3.8, 4) is 22.8 Å². The number of benzene rings is 2. The third-order valence-electron chi connectivity index (χ3n) is 4.71. The number of para-hydroxylation sites is 1. The average Bonchev–Trinajstić information content (AvgIpc) is 3.17. The zero-order valence-electron chi connectivity index (χ0n) is 17.3. The molecule has 6 nitrogen and oxygen atoms in total. The summed E-state index contributed by atoms with van der Waals surface area (Å²) in [5.74, 6) is 1.82. The van der Waals surface area contributed by atoms with Crippen LogP contribution in [-0.2, 0) is 4.79 Å². The van der Waals surface area contributed by atoms with Gasteiger partial charge in [-0.25, -0.2) is 0 Å². The first-order valence-electron chi connectivity index (χ1n) is 9.65. The molecule has 1 heterocycles. The first-order valence-corrected chi connectivity index (χ1v) is 10.6. The molecule has 7 heteroatoms. The second kappa shape index (κ2) is 9.60. The Bertz CT molecular complexity index is 965. The Morgan fingerprint density at radius 1 is 1.07 bits per heavy atom. The van der Waals surface area contributed by atoms with Gasteiger partial charge in [0.15, 0.2) is 11.0 Å². The Hall–Kier alpha value is -2.80. The van der Waals surface area contributed by atoms with Gasteiger partial charge in [0.1, 0.15) is 5.75 Å². The van der Waals surface area contributed by atoms with E-state index in [0.717, 1.165) is 17.0 Å². The lowest BCUT2D eigenvalue weighted by Gasteiger charge is -2.18. The Morgan fingerprint density at radius 2 is 1.76 bits per heavy atom. The zero-order valence-corrected chi connectivity index (χ0v) is 18.1. The van der Waals surface area contributed by atoms with Crippen LogP contribution in [0.4, 0.5) is 0 Å². The van der Waals surface area contributed by atoms with E-state index < -0.39 is 0 Å². The van der Waals surface area contributed by atoms with E-state index in [4.69, 9.17) is 4.74 Å². The predicted octanol–water partition coefficient (Wildman–Crippen LogP) is 4.21. The van der Waals surface area contributed by atoms with Gasteiger partial charge < -0.3 is 9.64 Å². The summed E-state index contributed by atoms with van der Waals surface area (Å²) in [5.41, 5.74) is 2.97. The number of hydrogen-bond acceptors (Lipinski definition) is 5. The van der Waals surface area contributed by atoms with E-state index in [0.29, 0.717) is 29.8 Å². The summed E-state index contributed by atoms with van der Waals surface area (Å²) in [6.07, 6.45) is 0. The van der Waals surface area contributed by atoms with Crippen LogP contribution in [0.5, 0.6) is 5.75 Å². The van der Waals surface area contributed by atoms with Crippen molar-refractivity contribution in [3.05, 3.63) is 54.1 Å². The van der Waals surface area contributed by atoms with Gasteiger partial charge in [-0.2, -0.15) is 0 Å². The maximum absolute atomic E-state index is 12.5. The Labute approximate surface area is 175 Å². The molecule has 3 aromatic rings. The maximum atomic E-state index is 12.5. The van der Waals surface area contributed by atoms with Gasteiger partial charge in [-0.1, -0.05) is 41.6 Å². The fourth-order valence-electron chi connectivity index (χ4n) is 3.09. The summed E-state index contributed by atoms with van der Waals surface area (Å²) < 4.78 is 7.51. The molecule has 1 amide bonds. The molecule has 0 spiro atoms. The van der Waals surface area contributed by atoms with Crippen molar-refractivity contribution in [2.24, 2.45) is 0 Å². The SMILES string of the molecule is CCN(CC)C(=O)CSc1nnc(-c2ccccc2OC)n1-c1ccc(C)cc1. The predicted molar refractivity (Wildman–Crippen MR) is 117 cm³/mol. The minimum Gasteiger partial charge on any atom is -0.496 e. The third-order valence-corrected chi connectivity index (χ3v) is 5.63. The number of rotatable bonds is 8. The van der Waals surface area contributed by atoms with Crippen LogP contribution in [0.15, 0.2) is 53.7 Å². The summed E-state index contributed by atoms with van der Waals surface area (Å²) >= 11 is 1.40. The van der Waals surface area contributed by atoms with Crippen molar-refractivity contribution in [1.82, 2.24) is 19.7 Å². The minimum absolute atomic E-state index is 0.0947. The fraction of sp³-hybridized carbons (Fsp3) is 0.318. The Balaban J connectivity index is 2.02. The van der Waals surface area contributed by atoms with E-state index in [1.54, 1.807) is 7.11 Å². The van der Waals surface area contributed by atoms with E-state index >= 15 is 0 Å². The summed E-state index contributed by atoms with van der Waals surface area (Å²) in [6, 6.07) is 15.9. The van der Waals surface area contributed by atoms with Gasteiger partial charge in [0.05, 0.1) is 18.4 Å². The number of carbonyl (C=O) groups excluding carboxylic acids is 1. The standard InChI is InChI=1S/C22H26N4O2S/c1-5-25(6-2)20(27)15-29-22-24-23-21(18-9-7-8-10-19(18)28-4)26(22)17-13-11-16(3)12-14-17/h7-14H,5-6,15H2,1-4H3. The van der Waals surface area contributed by atoms with Gasteiger partial charge in [0, 0.05) is 18.8 Å². The van der Waals surface area contributed by atoms with Crippen LogP contribution < -0.4 is 4.74 Å². The molecule has 0 fully saturated rings. The van der Waals surface area contributed by atoms with Crippen LogP contribution in [0.2, 0.25) is 0 Å². The number of methoxy groups -OCH3 is 1. The van der Waals surface area contributed by atoms with E-state index in [2.05, 4.69) is 29.3 Å². The largest absolute Gasteiger partial charge is 0.496 e. The topological polar surface area (TPSA) is 60.3 Å². The number of aryl methyl sites for hydroxylation is 1. The molecule has 0 saturated carbocycles. The summed E-state index contributed by atoms with van der Waals surface area (Å²) in [4.78, 5) is 14.3. The third kappa shape index (κ3) is 4.62. The van der Waals surface area contributed by atoms with E-state index in [-0.39, 0.29) is 5.91 Å². The molecule has 0 saturated heterocycles. The second-order valence-electron chi connectivity index (χ2n) is 6.53. The van der Waals surface area contributed by atoms with E-state index in [1.165, 1.54) is 17.3 Å². The molecule has 0 radical (unpaired) electrons. The molecule has 0 bridgehead atoms. The minimum atomic E-state index is 0.0947.